The Kier molecular flexibility index (Phi) is 4.12. The van der Waals surface area contributed by atoms with Crippen molar-refractivity contribution in [2.45, 2.75) is 6.92 Å². The van der Waals surface area contributed by atoms with Gasteiger partial charge in [-0.05, 0) is 28.3 Å². The van der Waals surface area contributed by atoms with E-state index in [1.165, 1.54) is 5.57 Å². The minimum Gasteiger partial charge on any atom is -0.292 e. The zero-order valence-corrected chi connectivity index (χ0v) is 6.76. The number of nitrogens with one attached hydrogen (secondary N) is 1. The summed E-state index contributed by atoms with van der Waals surface area (Å²) in [6, 6.07) is 0. The molecule has 0 aromatic carbocycles. The Bertz CT molecular complexity index is 78.6. The van der Waals surface area contributed by atoms with Crippen molar-refractivity contribution in [2.24, 2.45) is 0 Å². The van der Waals surface area contributed by atoms with Crippen LogP contribution in [0.2, 0.25) is 0 Å². The molecule has 0 atom stereocenters. The molecule has 48 valence electrons. The Labute approximate surface area is 53.0 Å². The molecule has 0 unspecified atom stereocenters. The summed E-state index contributed by atoms with van der Waals surface area (Å²) in [5.41, 5.74) is 1.21. The van der Waals surface area contributed by atoms with Gasteiger partial charge in [0.25, 0.3) is 0 Å². The van der Waals surface area contributed by atoms with Gasteiger partial charge >= 0.3 is 0 Å². The van der Waals surface area contributed by atoms with Crippen LogP contribution in [0.4, 0.5) is 0 Å². The van der Waals surface area contributed by atoms with Gasteiger partial charge in [0.1, 0.15) is 0 Å². The van der Waals surface area contributed by atoms with E-state index in [0.29, 0.717) is 0 Å². The first-order valence-electron chi connectivity index (χ1n) is 2.68. The third-order valence-corrected chi connectivity index (χ3v) is 1.49. The van der Waals surface area contributed by atoms with Gasteiger partial charge in [-0.1, -0.05) is 12.2 Å². The maximum absolute atomic E-state index is 3.77. The Balaban J connectivity index is 3.05. The minimum absolute atomic E-state index is 0.0562. The van der Waals surface area contributed by atoms with Crippen LogP contribution in [0.3, 0.4) is 0 Å². The molecule has 0 bridgehead atoms. The summed E-state index contributed by atoms with van der Waals surface area (Å²) in [5.74, 6) is 0. The summed E-state index contributed by atoms with van der Waals surface area (Å²) in [6.07, 6.45) is 0. The van der Waals surface area contributed by atoms with Crippen molar-refractivity contribution in [1.82, 2.24) is 5.09 Å². The maximum Gasteiger partial charge on any atom is 0.0195 e. The topological polar surface area (TPSA) is 12.0 Å². The van der Waals surface area contributed by atoms with Gasteiger partial charge in [0.15, 0.2) is 0 Å². The van der Waals surface area contributed by atoms with Crippen LogP contribution in [0.25, 0.3) is 0 Å². The van der Waals surface area contributed by atoms with Gasteiger partial charge < -0.3 is 0 Å². The van der Waals surface area contributed by atoms with Gasteiger partial charge in [-0.15, -0.1) is 0 Å². The van der Waals surface area contributed by atoms with Gasteiger partial charge in [0.2, 0.25) is 0 Å². The summed E-state index contributed by atoms with van der Waals surface area (Å²) >= 11 is 0. The van der Waals surface area contributed by atoms with Crippen molar-refractivity contribution < 1.29 is 0 Å². The van der Waals surface area contributed by atoms with Crippen molar-refractivity contribution in [2.75, 3.05) is 19.9 Å². The van der Waals surface area contributed by atoms with Gasteiger partial charge in [0, 0.05) is 6.54 Å². The molecule has 0 saturated carbocycles. The number of hydrogen-bond acceptors (Lipinski definition) is 1. The first kappa shape index (κ1) is 8.13. The highest BCUT2D eigenvalue weighted by Gasteiger charge is 1.88. The van der Waals surface area contributed by atoms with Crippen LogP contribution in [0.1, 0.15) is 6.92 Å². The highest BCUT2D eigenvalue weighted by Crippen LogP contribution is 2.16. The highest BCUT2D eigenvalue weighted by atomic mass is 31.1. The third-order valence-electron chi connectivity index (χ3n) is 0.697. The van der Waals surface area contributed by atoms with Crippen molar-refractivity contribution in [3.05, 3.63) is 12.2 Å². The molecule has 0 aromatic rings. The summed E-state index contributed by atoms with van der Waals surface area (Å²) in [5, 5.41) is 3.31. The molecule has 1 N–H and O–H groups in total. The van der Waals surface area contributed by atoms with Crippen LogP contribution in [0.15, 0.2) is 12.2 Å². The lowest BCUT2D eigenvalue weighted by Gasteiger charge is -2.06. The van der Waals surface area contributed by atoms with Crippen LogP contribution in [-0.4, -0.2) is 19.9 Å². The van der Waals surface area contributed by atoms with E-state index in [2.05, 4.69) is 25.0 Å². The molecule has 0 aliphatic rings. The first-order valence-corrected chi connectivity index (χ1v) is 4.91. The average molecular weight is 131 g/mol. The molecule has 2 heteroatoms. The molecule has 0 heterocycles. The zero-order chi connectivity index (χ0) is 6.57. The molecule has 0 saturated heterocycles. The Morgan fingerprint density at radius 2 is 2.12 bits per heavy atom. The van der Waals surface area contributed by atoms with Crippen LogP contribution < -0.4 is 5.09 Å². The van der Waals surface area contributed by atoms with Crippen molar-refractivity contribution >= 4 is 8.07 Å². The van der Waals surface area contributed by atoms with E-state index >= 15 is 0 Å². The molecule has 1 nitrogen and oxygen atoms in total. The average Bonchev–Trinajstić information content (AvgIpc) is 1.61. The molecule has 0 aliphatic carbocycles. The fourth-order valence-electron chi connectivity index (χ4n) is 0.293. The largest absolute Gasteiger partial charge is 0.292 e. The second kappa shape index (κ2) is 4.05. The lowest BCUT2D eigenvalue weighted by Crippen LogP contribution is -2.07. The molecule has 0 rings (SSSR count). The SMILES string of the molecule is C=C(C)CNP(C)C. The van der Waals surface area contributed by atoms with Crippen molar-refractivity contribution in [1.29, 1.82) is 0 Å². The van der Waals surface area contributed by atoms with E-state index in [-0.39, 0.29) is 8.07 Å². The minimum atomic E-state index is 0.0562. The van der Waals surface area contributed by atoms with Gasteiger partial charge in [-0.2, -0.15) is 0 Å². The lowest BCUT2D eigenvalue weighted by atomic mass is 10.4. The molecule has 0 fully saturated rings. The summed E-state index contributed by atoms with van der Waals surface area (Å²) in [7, 11) is 0.0562. The quantitative estimate of drug-likeness (QED) is 0.455. The summed E-state index contributed by atoms with van der Waals surface area (Å²) in [4.78, 5) is 0. The van der Waals surface area contributed by atoms with Crippen molar-refractivity contribution in [3.63, 3.8) is 0 Å². The van der Waals surface area contributed by atoms with E-state index < -0.39 is 0 Å². The van der Waals surface area contributed by atoms with E-state index in [9.17, 15) is 0 Å². The summed E-state index contributed by atoms with van der Waals surface area (Å²) in [6.45, 7) is 11.2. The maximum atomic E-state index is 3.77. The predicted molar refractivity (Wildman–Crippen MR) is 41.6 cm³/mol. The smallest absolute Gasteiger partial charge is 0.0195 e. The Morgan fingerprint density at radius 1 is 1.62 bits per heavy atom. The monoisotopic (exact) mass is 131 g/mol. The van der Waals surface area contributed by atoms with E-state index in [1.54, 1.807) is 0 Å². The molecule has 0 spiro atoms. The zero-order valence-electron chi connectivity index (χ0n) is 5.86. The van der Waals surface area contributed by atoms with Crippen LogP contribution in [0.5, 0.6) is 0 Å². The predicted octanol–water partition coefficient (Wildman–Crippen LogP) is 1.81. The molecular weight excluding hydrogens is 117 g/mol. The second-order valence-electron chi connectivity index (χ2n) is 2.19. The third kappa shape index (κ3) is 6.13. The Hall–Kier alpha value is 0.130. The summed E-state index contributed by atoms with van der Waals surface area (Å²) < 4.78 is 0. The van der Waals surface area contributed by atoms with E-state index in [0.717, 1.165) is 6.54 Å². The normalized spacial score (nSPS) is 10.0. The van der Waals surface area contributed by atoms with Crippen molar-refractivity contribution in [3.8, 4) is 0 Å². The molecule has 8 heavy (non-hydrogen) atoms. The molecule has 0 radical (unpaired) electrons. The van der Waals surface area contributed by atoms with E-state index in [1.807, 2.05) is 6.92 Å². The molecule has 0 aliphatic heterocycles. The van der Waals surface area contributed by atoms with Gasteiger partial charge in [0.05, 0.1) is 0 Å². The van der Waals surface area contributed by atoms with Crippen LogP contribution in [0, 0.1) is 0 Å². The number of hydrogen-bond donors (Lipinski definition) is 1. The molecule has 0 aromatic heterocycles. The second-order valence-corrected chi connectivity index (χ2v) is 4.29. The lowest BCUT2D eigenvalue weighted by molar-refractivity contribution is 1.04. The van der Waals surface area contributed by atoms with Crippen LogP contribution in [-0.2, 0) is 0 Å². The van der Waals surface area contributed by atoms with E-state index in [4.69, 9.17) is 0 Å². The van der Waals surface area contributed by atoms with Gasteiger partial charge in [-0.3, -0.25) is 5.09 Å². The number of rotatable bonds is 3. The Morgan fingerprint density at radius 3 is 2.25 bits per heavy atom. The fourth-order valence-corrected chi connectivity index (χ4v) is 0.879. The first-order chi connectivity index (χ1) is 3.63. The van der Waals surface area contributed by atoms with Crippen LogP contribution >= 0.6 is 8.07 Å². The molecular formula is C6H14NP. The highest BCUT2D eigenvalue weighted by molar-refractivity contribution is 7.53. The standard InChI is InChI=1S/C6H14NP/c1-6(2)5-7-8(3)4/h7H,1,5H2,2-4H3. The van der Waals surface area contributed by atoms with Gasteiger partial charge in [-0.25, -0.2) is 0 Å². The fraction of sp³-hybridized carbons (Fsp3) is 0.667. The molecule has 0 amide bonds.